The summed E-state index contributed by atoms with van der Waals surface area (Å²) in [7, 11) is -1.09. The molecule has 0 N–H and O–H groups in total. The first-order valence-corrected chi connectivity index (χ1v) is 11.3. The van der Waals surface area contributed by atoms with Crippen LogP contribution in [0.3, 0.4) is 0 Å². The summed E-state index contributed by atoms with van der Waals surface area (Å²) in [5, 5.41) is 17.0. The van der Waals surface area contributed by atoms with Crippen LogP contribution in [0.15, 0.2) is 26.5 Å². The molecule has 0 aromatic carbocycles. The minimum Gasteiger partial charge on any atom is -0.334 e. The van der Waals surface area contributed by atoms with Gasteiger partial charge in [-0.1, -0.05) is 16.9 Å². The van der Waals surface area contributed by atoms with Crippen LogP contribution >= 0.6 is 23.1 Å². The van der Waals surface area contributed by atoms with Gasteiger partial charge in [-0.2, -0.15) is 16.3 Å². The van der Waals surface area contributed by atoms with Crippen molar-refractivity contribution in [2.75, 3.05) is 11.5 Å². The molecule has 0 aliphatic carbocycles. The molecule has 0 spiro atoms. The van der Waals surface area contributed by atoms with Crippen molar-refractivity contribution >= 4 is 32.9 Å². The fourth-order valence-corrected chi connectivity index (χ4v) is 5.88. The number of hydrogen-bond donors (Lipinski definition) is 0. The molecular formula is C14H15N5O3S3. The third kappa shape index (κ3) is 3.48. The zero-order valence-corrected chi connectivity index (χ0v) is 15.8. The Morgan fingerprint density at radius 3 is 3.04 bits per heavy atom. The van der Waals surface area contributed by atoms with E-state index in [1.54, 1.807) is 11.3 Å². The normalized spacial score (nSPS) is 19.5. The van der Waals surface area contributed by atoms with Gasteiger partial charge in [-0.25, -0.2) is 8.42 Å². The van der Waals surface area contributed by atoms with Gasteiger partial charge >= 0.3 is 0 Å². The summed E-state index contributed by atoms with van der Waals surface area (Å²) in [4.78, 5) is 4.37. The Kier molecular flexibility index (Phi) is 4.38. The molecule has 3 aromatic rings. The summed E-state index contributed by atoms with van der Waals surface area (Å²) in [6, 6.07) is 1.93. The second-order valence-electron chi connectivity index (χ2n) is 5.82. The highest BCUT2D eigenvalue weighted by atomic mass is 32.2. The molecule has 1 atom stereocenters. The summed E-state index contributed by atoms with van der Waals surface area (Å²) >= 11 is 3.02. The fraction of sp³-hybridized carbons (Fsp3) is 0.429. The van der Waals surface area contributed by atoms with Crippen molar-refractivity contribution in [3.8, 4) is 11.5 Å². The molecule has 4 heterocycles. The van der Waals surface area contributed by atoms with Crippen molar-refractivity contribution in [2.45, 2.75) is 23.2 Å². The molecule has 11 heteroatoms. The summed E-state index contributed by atoms with van der Waals surface area (Å²) < 4.78 is 30.4. The SMILES string of the molecule is Cn1c(SCc2noc(-c3ccsc3)n2)nnc1[C@@H]1CCS(=O)(=O)C1. The third-order valence-corrected chi connectivity index (χ3v) is 7.50. The Morgan fingerprint density at radius 1 is 1.44 bits per heavy atom. The van der Waals surface area contributed by atoms with Gasteiger partial charge < -0.3 is 9.09 Å². The molecule has 1 aliphatic heterocycles. The second kappa shape index (κ2) is 6.54. The standard InChI is InChI=1S/C14H15N5O3S3/c1-19-12(10-3-5-25(20,21)8-10)16-17-14(19)24-7-11-15-13(22-18-11)9-2-4-23-6-9/h2,4,6,10H,3,5,7-8H2,1H3/t10-/m1/s1. The Labute approximate surface area is 152 Å². The molecule has 132 valence electrons. The summed E-state index contributed by atoms with van der Waals surface area (Å²) in [6.45, 7) is 0. The van der Waals surface area contributed by atoms with Gasteiger partial charge in [0.25, 0.3) is 5.89 Å². The predicted octanol–water partition coefficient (Wildman–Crippen LogP) is 2.12. The van der Waals surface area contributed by atoms with Gasteiger partial charge in [0.15, 0.2) is 20.8 Å². The molecule has 3 aromatic heterocycles. The van der Waals surface area contributed by atoms with E-state index in [9.17, 15) is 8.42 Å². The van der Waals surface area contributed by atoms with Gasteiger partial charge in [0.2, 0.25) is 0 Å². The smallest absolute Gasteiger partial charge is 0.258 e. The lowest BCUT2D eigenvalue weighted by Gasteiger charge is -2.07. The largest absolute Gasteiger partial charge is 0.334 e. The first-order chi connectivity index (χ1) is 12.0. The highest BCUT2D eigenvalue weighted by Gasteiger charge is 2.32. The molecule has 0 amide bonds. The van der Waals surface area contributed by atoms with Crippen LogP contribution in [-0.2, 0) is 22.6 Å². The van der Waals surface area contributed by atoms with E-state index in [1.165, 1.54) is 11.8 Å². The van der Waals surface area contributed by atoms with Crippen molar-refractivity contribution in [3.05, 3.63) is 28.5 Å². The Bertz CT molecular complexity index is 977. The molecule has 0 unspecified atom stereocenters. The van der Waals surface area contributed by atoms with Gasteiger partial charge in [-0.05, 0) is 17.9 Å². The van der Waals surface area contributed by atoms with Gasteiger partial charge in [-0.3, -0.25) is 0 Å². The topological polar surface area (TPSA) is 104 Å². The van der Waals surface area contributed by atoms with Crippen molar-refractivity contribution in [1.82, 2.24) is 24.9 Å². The minimum absolute atomic E-state index is 0.0766. The predicted molar refractivity (Wildman–Crippen MR) is 94.2 cm³/mol. The monoisotopic (exact) mass is 397 g/mol. The lowest BCUT2D eigenvalue weighted by atomic mass is 10.1. The molecule has 4 rings (SSSR count). The average molecular weight is 398 g/mol. The first-order valence-electron chi connectivity index (χ1n) is 7.59. The average Bonchev–Trinajstić information content (AvgIpc) is 3.32. The van der Waals surface area contributed by atoms with Gasteiger partial charge in [0, 0.05) is 18.3 Å². The van der Waals surface area contributed by atoms with Crippen LogP contribution in [0.2, 0.25) is 0 Å². The number of thiophene rings is 1. The van der Waals surface area contributed by atoms with Crippen molar-refractivity contribution in [1.29, 1.82) is 0 Å². The van der Waals surface area contributed by atoms with Gasteiger partial charge in [0.1, 0.15) is 5.82 Å². The third-order valence-electron chi connectivity index (χ3n) is 4.03. The highest BCUT2D eigenvalue weighted by Crippen LogP contribution is 2.30. The van der Waals surface area contributed by atoms with Crippen LogP contribution in [-0.4, -0.2) is 44.8 Å². The number of sulfone groups is 1. The number of hydrogen-bond acceptors (Lipinski definition) is 9. The lowest BCUT2D eigenvalue weighted by molar-refractivity contribution is 0.425. The van der Waals surface area contributed by atoms with Crippen molar-refractivity contribution in [2.24, 2.45) is 7.05 Å². The number of nitrogens with zero attached hydrogens (tertiary/aromatic N) is 5. The molecule has 1 fully saturated rings. The van der Waals surface area contributed by atoms with Gasteiger partial charge in [-0.15, -0.1) is 10.2 Å². The van der Waals surface area contributed by atoms with Crippen LogP contribution in [0, 0.1) is 0 Å². The van der Waals surface area contributed by atoms with Crippen LogP contribution in [0.25, 0.3) is 11.5 Å². The Hall–Kier alpha value is -1.72. The van der Waals surface area contributed by atoms with Gasteiger partial charge in [0.05, 0.1) is 22.8 Å². The molecule has 1 saturated heterocycles. The van der Waals surface area contributed by atoms with E-state index in [0.29, 0.717) is 29.0 Å². The van der Waals surface area contributed by atoms with E-state index >= 15 is 0 Å². The lowest BCUT2D eigenvalue weighted by Crippen LogP contribution is -2.09. The van der Waals surface area contributed by atoms with E-state index in [-0.39, 0.29) is 17.4 Å². The maximum atomic E-state index is 11.7. The second-order valence-corrected chi connectivity index (χ2v) is 9.77. The minimum atomic E-state index is -2.94. The molecule has 0 bridgehead atoms. The zero-order valence-electron chi connectivity index (χ0n) is 13.3. The molecule has 8 nitrogen and oxygen atoms in total. The Balaban J connectivity index is 1.44. The number of rotatable bonds is 5. The first kappa shape index (κ1) is 16.7. The molecular weight excluding hydrogens is 382 g/mol. The van der Waals surface area contributed by atoms with Crippen LogP contribution < -0.4 is 0 Å². The van der Waals surface area contributed by atoms with Crippen LogP contribution in [0.4, 0.5) is 0 Å². The zero-order chi connectivity index (χ0) is 17.4. The van der Waals surface area contributed by atoms with E-state index in [1.807, 2.05) is 28.4 Å². The quantitative estimate of drug-likeness (QED) is 0.603. The summed E-state index contributed by atoms with van der Waals surface area (Å²) in [5.74, 6) is 2.61. The Morgan fingerprint density at radius 2 is 2.32 bits per heavy atom. The maximum Gasteiger partial charge on any atom is 0.258 e. The number of aromatic nitrogens is 5. The van der Waals surface area contributed by atoms with Crippen LogP contribution in [0.5, 0.6) is 0 Å². The molecule has 0 radical (unpaired) electrons. The summed E-state index contributed by atoms with van der Waals surface area (Å²) in [5.41, 5.74) is 0.914. The van der Waals surface area contributed by atoms with Crippen molar-refractivity contribution in [3.63, 3.8) is 0 Å². The maximum absolute atomic E-state index is 11.7. The van der Waals surface area contributed by atoms with Crippen molar-refractivity contribution < 1.29 is 12.9 Å². The number of thioether (sulfide) groups is 1. The van der Waals surface area contributed by atoms with E-state index in [4.69, 9.17) is 4.52 Å². The molecule has 0 saturated carbocycles. The van der Waals surface area contributed by atoms with E-state index in [2.05, 4.69) is 20.3 Å². The molecule has 25 heavy (non-hydrogen) atoms. The molecule has 1 aliphatic rings. The van der Waals surface area contributed by atoms with Crippen LogP contribution in [0.1, 0.15) is 24.0 Å². The van der Waals surface area contributed by atoms with E-state index < -0.39 is 9.84 Å². The highest BCUT2D eigenvalue weighted by molar-refractivity contribution is 7.98. The fourth-order valence-electron chi connectivity index (χ4n) is 2.75. The summed E-state index contributed by atoms with van der Waals surface area (Å²) in [6.07, 6.45) is 0.605. The van der Waals surface area contributed by atoms with E-state index in [0.717, 1.165) is 11.4 Å².